The van der Waals surface area contributed by atoms with E-state index in [1.165, 1.54) is 0 Å². The normalized spacial score (nSPS) is 9.81. The fourth-order valence-corrected chi connectivity index (χ4v) is 1.53. The van der Waals surface area contributed by atoms with Gasteiger partial charge in [-0.3, -0.25) is 4.79 Å². The summed E-state index contributed by atoms with van der Waals surface area (Å²) in [5, 5.41) is 0. The molecule has 0 bridgehead atoms. The highest BCUT2D eigenvalue weighted by molar-refractivity contribution is 9.10. The van der Waals surface area contributed by atoms with Crippen molar-refractivity contribution in [3.8, 4) is 0 Å². The van der Waals surface area contributed by atoms with Crippen molar-refractivity contribution in [2.75, 3.05) is 12.8 Å². The van der Waals surface area contributed by atoms with Crippen LogP contribution < -0.4 is 5.73 Å². The highest BCUT2D eigenvalue weighted by Crippen LogP contribution is 2.20. The summed E-state index contributed by atoms with van der Waals surface area (Å²) in [6, 6.07) is 5.46. The summed E-state index contributed by atoms with van der Waals surface area (Å²) in [5.41, 5.74) is 6.83. The number of nitrogens with two attached hydrogens (primary N) is 1. The van der Waals surface area contributed by atoms with E-state index in [9.17, 15) is 4.79 Å². The number of halogens is 2. The van der Waals surface area contributed by atoms with Crippen LogP contribution in [0, 0.1) is 0 Å². The topological polar surface area (TPSA) is 46.3 Å². The maximum atomic E-state index is 11.9. The number of anilines is 1. The number of hydrogen-bond acceptors (Lipinski definition) is 2. The van der Waals surface area contributed by atoms with Crippen molar-refractivity contribution >= 4 is 39.9 Å². The third kappa shape index (κ3) is 3.39. The molecule has 0 fully saturated rings. The minimum Gasteiger partial charge on any atom is -0.398 e. The summed E-state index contributed by atoms with van der Waals surface area (Å²) in [4.78, 5) is 13.6. The number of rotatable bonds is 2. The Kier molecular flexibility index (Phi) is 5.83. The summed E-state index contributed by atoms with van der Waals surface area (Å²) in [6.45, 7) is 3.93. The van der Waals surface area contributed by atoms with Crippen molar-refractivity contribution in [1.29, 1.82) is 0 Å². The van der Waals surface area contributed by atoms with Gasteiger partial charge >= 0.3 is 0 Å². The summed E-state index contributed by atoms with van der Waals surface area (Å²) < 4.78 is 0.878. The third-order valence-corrected chi connectivity index (χ3v) is 2.83. The first-order valence-corrected chi connectivity index (χ1v) is 5.55. The molecule has 0 aromatic heterocycles. The zero-order chi connectivity index (χ0) is 11.6. The lowest BCUT2D eigenvalue weighted by Gasteiger charge is -2.22. The molecule has 0 heterocycles. The van der Waals surface area contributed by atoms with E-state index in [1.807, 2.05) is 19.9 Å². The Morgan fingerprint density at radius 2 is 2.00 bits per heavy atom. The molecule has 1 aromatic carbocycles. The van der Waals surface area contributed by atoms with E-state index in [0.717, 1.165) is 4.47 Å². The highest BCUT2D eigenvalue weighted by atomic mass is 79.9. The van der Waals surface area contributed by atoms with Crippen LogP contribution in [0.5, 0.6) is 0 Å². The third-order valence-electron chi connectivity index (χ3n) is 2.34. The van der Waals surface area contributed by atoms with Gasteiger partial charge < -0.3 is 10.6 Å². The predicted octanol–water partition coefficient (Wildman–Crippen LogP) is 2.93. The molecule has 5 heteroatoms. The maximum Gasteiger partial charge on any atom is 0.255 e. The Hall–Kier alpha value is -0.740. The quantitative estimate of drug-likeness (QED) is 0.854. The molecule has 0 spiro atoms. The fraction of sp³-hybridized carbons (Fsp3) is 0.364. The van der Waals surface area contributed by atoms with Crippen LogP contribution in [-0.4, -0.2) is 23.9 Å². The van der Waals surface area contributed by atoms with Gasteiger partial charge in [0.1, 0.15) is 0 Å². The molecule has 0 atom stereocenters. The van der Waals surface area contributed by atoms with Crippen LogP contribution in [0.25, 0.3) is 0 Å². The standard InChI is InChI=1S/C11H15BrN2O.ClH/c1-7(2)14(3)11(15)9-5-4-8(12)6-10(9)13;/h4-7H,13H2,1-3H3;1H. The second-order valence-corrected chi connectivity index (χ2v) is 4.66. The van der Waals surface area contributed by atoms with Crippen LogP contribution in [0.4, 0.5) is 5.69 Å². The van der Waals surface area contributed by atoms with Gasteiger partial charge in [0.2, 0.25) is 0 Å². The van der Waals surface area contributed by atoms with Crippen LogP contribution >= 0.6 is 28.3 Å². The Balaban J connectivity index is 0.00000225. The van der Waals surface area contributed by atoms with Gasteiger partial charge in [-0.15, -0.1) is 12.4 Å². The van der Waals surface area contributed by atoms with Gasteiger partial charge in [0, 0.05) is 23.2 Å². The van der Waals surface area contributed by atoms with Crippen molar-refractivity contribution in [2.45, 2.75) is 19.9 Å². The number of hydrogen-bond donors (Lipinski definition) is 1. The zero-order valence-corrected chi connectivity index (χ0v) is 11.9. The average molecular weight is 308 g/mol. The monoisotopic (exact) mass is 306 g/mol. The average Bonchev–Trinajstić information content (AvgIpc) is 2.15. The van der Waals surface area contributed by atoms with Crippen LogP contribution in [0.2, 0.25) is 0 Å². The molecule has 0 radical (unpaired) electrons. The number of amides is 1. The Bertz CT molecular complexity index is 382. The van der Waals surface area contributed by atoms with E-state index in [-0.39, 0.29) is 24.4 Å². The Labute approximate surface area is 111 Å². The van der Waals surface area contributed by atoms with E-state index in [0.29, 0.717) is 11.3 Å². The highest BCUT2D eigenvalue weighted by Gasteiger charge is 2.16. The van der Waals surface area contributed by atoms with E-state index >= 15 is 0 Å². The molecule has 0 aliphatic carbocycles. The second kappa shape index (κ2) is 6.11. The minimum atomic E-state index is -0.0463. The number of benzene rings is 1. The van der Waals surface area contributed by atoms with Crippen LogP contribution in [0.3, 0.4) is 0 Å². The van der Waals surface area contributed by atoms with E-state index < -0.39 is 0 Å². The first kappa shape index (κ1) is 15.3. The zero-order valence-electron chi connectivity index (χ0n) is 9.53. The summed E-state index contributed by atoms with van der Waals surface area (Å²) in [7, 11) is 1.77. The molecule has 3 nitrogen and oxygen atoms in total. The van der Waals surface area contributed by atoms with E-state index in [4.69, 9.17) is 5.73 Å². The van der Waals surface area contributed by atoms with Crippen LogP contribution in [0.15, 0.2) is 22.7 Å². The molecule has 0 aliphatic rings. The van der Waals surface area contributed by atoms with Crippen LogP contribution in [0.1, 0.15) is 24.2 Å². The van der Waals surface area contributed by atoms with Gasteiger partial charge in [-0.1, -0.05) is 15.9 Å². The number of nitrogen functional groups attached to an aromatic ring is 1. The summed E-state index contributed by atoms with van der Waals surface area (Å²) in [5.74, 6) is -0.0463. The smallest absolute Gasteiger partial charge is 0.255 e. The first-order valence-electron chi connectivity index (χ1n) is 4.75. The molecular weight excluding hydrogens is 291 g/mol. The molecule has 0 saturated heterocycles. The number of nitrogens with zero attached hydrogens (tertiary/aromatic N) is 1. The number of carbonyl (C=O) groups excluding carboxylic acids is 1. The van der Waals surface area contributed by atoms with Crippen molar-refractivity contribution in [3.05, 3.63) is 28.2 Å². The fourth-order valence-electron chi connectivity index (χ4n) is 1.15. The van der Waals surface area contributed by atoms with E-state index in [1.54, 1.807) is 24.1 Å². The van der Waals surface area contributed by atoms with Crippen molar-refractivity contribution in [3.63, 3.8) is 0 Å². The molecule has 16 heavy (non-hydrogen) atoms. The van der Waals surface area contributed by atoms with Gasteiger partial charge in [-0.05, 0) is 32.0 Å². The molecule has 1 aromatic rings. The summed E-state index contributed by atoms with van der Waals surface area (Å²) >= 11 is 3.31. The molecule has 1 amide bonds. The van der Waals surface area contributed by atoms with Gasteiger partial charge in [-0.25, -0.2) is 0 Å². The lowest BCUT2D eigenvalue weighted by molar-refractivity contribution is 0.0756. The minimum absolute atomic E-state index is 0. The van der Waals surface area contributed by atoms with Crippen molar-refractivity contribution < 1.29 is 4.79 Å². The molecular formula is C11H16BrClN2O. The summed E-state index contributed by atoms with van der Waals surface area (Å²) in [6.07, 6.45) is 0. The lowest BCUT2D eigenvalue weighted by Crippen LogP contribution is -2.33. The van der Waals surface area contributed by atoms with Gasteiger partial charge in [-0.2, -0.15) is 0 Å². The van der Waals surface area contributed by atoms with Gasteiger partial charge in [0.25, 0.3) is 5.91 Å². The second-order valence-electron chi connectivity index (χ2n) is 3.74. The molecule has 1 rings (SSSR count). The van der Waals surface area contributed by atoms with Crippen molar-refractivity contribution in [1.82, 2.24) is 4.90 Å². The Morgan fingerprint density at radius 3 is 2.44 bits per heavy atom. The maximum absolute atomic E-state index is 11.9. The largest absolute Gasteiger partial charge is 0.398 e. The Morgan fingerprint density at radius 1 is 1.44 bits per heavy atom. The molecule has 90 valence electrons. The molecule has 0 aliphatic heterocycles. The van der Waals surface area contributed by atoms with Crippen LogP contribution in [-0.2, 0) is 0 Å². The lowest BCUT2D eigenvalue weighted by atomic mass is 10.1. The van der Waals surface area contributed by atoms with Gasteiger partial charge in [0.05, 0.1) is 5.56 Å². The molecule has 0 saturated carbocycles. The van der Waals surface area contributed by atoms with E-state index in [2.05, 4.69) is 15.9 Å². The molecule has 0 unspecified atom stereocenters. The molecule has 2 N–H and O–H groups in total. The number of carbonyl (C=O) groups is 1. The SMILES string of the molecule is CC(C)N(C)C(=O)c1ccc(Br)cc1N.Cl. The predicted molar refractivity (Wildman–Crippen MR) is 73.0 cm³/mol. The van der Waals surface area contributed by atoms with Crippen molar-refractivity contribution in [2.24, 2.45) is 0 Å². The van der Waals surface area contributed by atoms with Gasteiger partial charge in [0.15, 0.2) is 0 Å². The first-order chi connectivity index (χ1) is 6.93.